The number of hydrogen-bond acceptors (Lipinski definition) is 2. The molecule has 152 valence electrons. The van der Waals surface area contributed by atoms with E-state index < -0.39 is 0 Å². The first-order valence-electron chi connectivity index (χ1n) is 10.4. The molecule has 1 heterocycles. The molecule has 1 aliphatic heterocycles. The number of nitrogens with one attached hydrogen (secondary N) is 1. The Labute approximate surface area is 177 Å². The van der Waals surface area contributed by atoms with Gasteiger partial charge in [-0.05, 0) is 42.2 Å². The number of rotatable bonds is 6. The number of amides is 2. The maximum absolute atomic E-state index is 13.0. The summed E-state index contributed by atoms with van der Waals surface area (Å²) in [6.45, 7) is 2.73. The molecule has 3 aromatic carbocycles. The van der Waals surface area contributed by atoms with Crippen LogP contribution in [0.25, 0.3) is 0 Å². The lowest BCUT2D eigenvalue weighted by molar-refractivity contribution is -0.117. The highest BCUT2D eigenvalue weighted by atomic mass is 16.2. The van der Waals surface area contributed by atoms with Gasteiger partial charge < -0.3 is 10.2 Å². The van der Waals surface area contributed by atoms with Crippen LogP contribution in [0.1, 0.15) is 41.9 Å². The maximum Gasteiger partial charge on any atom is 0.227 e. The lowest BCUT2D eigenvalue weighted by Crippen LogP contribution is -2.25. The molecule has 1 saturated heterocycles. The molecule has 0 aromatic heterocycles. The average molecular weight is 399 g/mol. The van der Waals surface area contributed by atoms with Crippen LogP contribution in [-0.4, -0.2) is 18.4 Å². The van der Waals surface area contributed by atoms with Crippen LogP contribution in [0.15, 0.2) is 78.9 Å². The summed E-state index contributed by atoms with van der Waals surface area (Å²) >= 11 is 0. The third-order valence-electron chi connectivity index (χ3n) is 5.65. The minimum atomic E-state index is -0.0461. The number of aryl methyl sites for hydroxylation is 1. The highest BCUT2D eigenvalue weighted by Gasteiger charge is 2.24. The monoisotopic (exact) mass is 398 g/mol. The van der Waals surface area contributed by atoms with E-state index in [0.717, 1.165) is 41.0 Å². The lowest BCUT2D eigenvalue weighted by Gasteiger charge is -2.20. The van der Waals surface area contributed by atoms with Gasteiger partial charge in [-0.15, -0.1) is 0 Å². The molecule has 0 bridgehead atoms. The van der Waals surface area contributed by atoms with Crippen molar-refractivity contribution in [3.05, 3.63) is 95.6 Å². The van der Waals surface area contributed by atoms with Crippen LogP contribution in [0.4, 0.5) is 11.4 Å². The third-order valence-corrected chi connectivity index (χ3v) is 5.65. The fourth-order valence-electron chi connectivity index (χ4n) is 4.08. The fraction of sp³-hybridized carbons (Fsp3) is 0.231. The Hall–Kier alpha value is -3.40. The minimum absolute atomic E-state index is 0.0162. The number of benzene rings is 3. The molecule has 0 spiro atoms. The molecule has 0 atom stereocenters. The molecular weight excluding hydrogens is 372 g/mol. The van der Waals surface area contributed by atoms with Gasteiger partial charge >= 0.3 is 0 Å². The van der Waals surface area contributed by atoms with Crippen LogP contribution in [-0.2, 0) is 9.59 Å². The van der Waals surface area contributed by atoms with Crippen molar-refractivity contribution in [2.45, 2.75) is 32.1 Å². The molecule has 1 fully saturated rings. The first-order chi connectivity index (χ1) is 14.6. The van der Waals surface area contributed by atoms with E-state index in [4.69, 9.17) is 0 Å². The molecule has 0 saturated carbocycles. The zero-order valence-corrected chi connectivity index (χ0v) is 17.2. The van der Waals surface area contributed by atoms with Gasteiger partial charge in [0.15, 0.2) is 0 Å². The van der Waals surface area contributed by atoms with E-state index in [1.165, 1.54) is 0 Å². The van der Waals surface area contributed by atoms with E-state index in [-0.39, 0.29) is 17.7 Å². The van der Waals surface area contributed by atoms with Gasteiger partial charge in [-0.2, -0.15) is 0 Å². The van der Waals surface area contributed by atoms with Crippen molar-refractivity contribution in [2.24, 2.45) is 0 Å². The molecule has 4 nitrogen and oxygen atoms in total. The van der Waals surface area contributed by atoms with E-state index in [9.17, 15) is 9.59 Å². The van der Waals surface area contributed by atoms with Gasteiger partial charge in [0.05, 0.1) is 0 Å². The summed E-state index contributed by atoms with van der Waals surface area (Å²) in [5.74, 6) is 0.0857. The zero-order valence-electron chi connectivity index (χ0n) is 17.2. The van der Waals surface area contributed by atoms with E-state index in [2.05, 4.69) is 29.6 Å². The first-order valence-corrected chi connectivity index (χ1v) is 10.4. The largest absolute Gasteiger partial charge is 0.326 e. The molecule has 1 N–H and O–H groups in total. The van der Waals surface area contributed by atoms with Crippen molar-refractivity contribution in [1.29, 1.82) is 0 Å². The summed E-state index contributed by atoms with van der Waals surface area (Å²) < 4.78 is 0. The van der Waals surface area contributed by atoms with Gasteiger partial charge in [-0.25, -0.2) is 0 Å². The molecule has 4 rings (SSSR count). The second-order valence-electron chi connectivity index (χ2n) is 7.78. The molecular formula is C26H26N2O2. The Kier molecular flexibility index (Phi) is 5.94. The van der Waals surface area contributed by atoms with E-state index in [1.807, 2.05) is 66.4 Å². The SMILES string of the molecule is Cc1ccc(NC(=O)CC(c2ccccc2)c2ccccc2)cc1N1CCCC1=O. The van der Waals surface area contributed by atoms with Crippen LogP contribution >= 0.6 is 0 Å². The van der Waals surface area contributed by atoms with Crippen molar-refractivity contribution in [3.8, 4) is 0 Å². The van der Waals surface area contributed by atoms with Crippen LogP contribution in [0.5, 0.6) is 0 Å². The third kappa shape index (κ3) is 4.43. The van der Waals surface area contributed by atoms with Crippen LogP contribution in [0.3, 0.4) is 0 Å². The van der Waals surface area contributed by atoms with E-state index >= 15 is 0 Å². The molecule has 0 radical (unpaired) electrons. The van der Waals surface area contributed by atoms with Crippen molar-refractivity contribution < 1.29 is 9.59 Å². The normalized spacial score (nSPS) is 13.7. The summed E-state index contributed by atoms with van der Waals surface area (Å²) in [6, 6.07) is 26.0. The quantitative estimate of drug-likeness (QED) is 0.614. The van der Waals surface area contributed by atoms with E-state index in [0.29, 0.717) is 12.8 Å². The fourth-order valence-corrected chi connectivity index (χ4v) is 4.08. The van der Waals surface area contributed by atoms with Gasteiger partial charge in [0, 0.05) is 36.7 Å². The number of carbonyl (C=O) groups is 2. The second kappa shape index (κ2) is 8.95. The van der Waals surface area contributed by atoms with Crippen molar-refractivity contribution >= 4 is 23.2 Å². The Bertz CT molecular complexity index is 992. The predicted molar refractivity (Wildman–Crippen MR) is 121 cm³/mol. The van der Waals surface area contributed by atoms with E-state index in [1.54, 1.807) is 0 Å². The predicted octanol–water partition coefficient (Wildman–Crippen LogP) is 5.28. The Morgan fingerprint density at radius 3 is 2.17 bits per heavy atom. The Morgan fingerprint density at radius 2 is 1.60 bits per heavy atom. The van der Waals surface area contributed by atoms with Crippen LogP contribution < -0.4 is 10.2 Å². The Balaban J connectivity index is 1.54. The first kappa shape index (κ1) is 19.9. The van der Waals surface area contributed by atoms with Gasteiger partial charge in [0.2, 0.25) is 11.8 Å². The molecule has 2 amide bonds. The summed E-state index contributed by atoms with van der Waals surface area (Å²) in [6.07, 6.45) is 1.82. The molecule has 1 aliphatic rings. The van der Waals surface area contributed by atoms with Gasteiger partial charge in [0.1, 0.15) is 0 Å². The number of anilines is 2. The summed E-state index contributed by atoms with van der Waals surface area (Å²) in [5, 5.41) is 3.04. The molecule has 4 heteroatoms. The zero-order chi connectivity index (χ0) is 20.9. The molecule has 30 heavy (non-hydrogen) atoms. The maximum atomic E-state index is 13.0. The number of hydrogen-bond donors (Lipinski definition) is 1. The van der Waals surface area contributed by atoms with Crippen molar-refractivity contribution in [3.63, 3.8) is 0 Å². The van der Waals surface area contributed by atoms with Gasteiger partial charge in [-0.1, -0.05) is 66.7 Å². The van der Waals surface area contributed by atoms with Gasteiger partial charge in [0.25, 0.3) is 0 Å². The van der Waals surface area contributed by atoms with Crippen molar-refractivity contribution in [1.82, 2.24) is 0 Å². The standard InChI is InChI=1S/C26H26N2O2/c1-19-14-15-22(17-24(19)28-16-8-13-26(28)30)27-25(29)18-23(20-9-4-2-5-10-20)21-11-6-3-7-12-21/h2-7,9-12,14-15,17,23H,8,13,16,18H2,1H3,(H,27,29). The molecule has 0 aliphatic carbocycles. The smallest absolute Gasteiger partial charge is 0.227 e. The summed E-state index contributed by atoms with van der Waals surface area (Å²) in [4.78, 5) is 26.9. The van der Waals surface area contributed by atoms with Gasteiger partial charge in [-0.3, -0.25) is 9.59 Å². The highest BCUT2D eigenvalue weighted by Crippen LogP contribution is 2.30. The number of nitrogens with zero attached hydrogens (tertiary/aromatic N) is 1. The summed E-state index contributed by atoms with van der Waals surface area (Å²) in [7, 11) is 0. The number of carbonyl (C=O) groups excluding carboxylic acids is 2. The van der Waals surface area contributed by atoms with Crippen molar-refractivity contribution in [2.75, 3.05) is 16.8 Å². The Morgan fingerprint density at radius 1 is 0.967 bits per heavy atom. The highest BCUT2D eigenvalue weighted by molar-refractivity contribution is 5.98. The molecule has 3 aromatic rings. The second-order valence-corrected chi connectivity index (χ2v) is 7.78. The molecule has 0 unspecified atom stereocenters. The summed E-state index contributed by atoms with van der Waals surface area (Å²) in [5.41, 5.74) is 4.88. The topological polar surface area (TPSA) is 49.4 Å². The minimum Gasteiger partial charge on any atom is -0.326 e. The lowest BCUT2D eigenvalue weighted by atomic mass is 9.88. The average Bonchev–Trinajstić information content (AvgIpc) is 3.20. The van der Waals surface area contributed by atoms with Crippen LogP contribution in [0, 0.1) is 6.92 Å². The van der Waals surface area contributed by atoms with Crippen LogP contribution in [0.2, 0.25) is 0 Å².